The van der Waals surface area contributed by atoms with Crippen LogP contribution in [0.2, 0.25) is 5.02 Å². The molecule has 1 saturated heterocycles. The smallest absolute Gasteiger partial charge is 0.251 e. The molecule has 0 aromatic heterocycles. The van der Waals surface area contributed by atoms with Crippen molar-refractivity contribution in [3.05, 3.63) is 22.7 Å². The Balaban J connectivity index is 1.54. The first-order valence-corrected chi connectivity index (χ1v) is 8.56. The predicted molar refractivity (Wildman–Crippen MR) is 83.3 cm³/mol. The minimum Gasteiger partial charge on any atom is -0.448 e. The van der Waals surface area contributed by atoms with Gasteiger partial charge in [-0.25, -0.2) is 0 Å². The number of nitrogens with one attached hydrogen (secondary N) is 1. The summed E-state index contributed by atoms with van der Waals surface area (Å²) >= 11 is 6.46. The average molecular weight is 308 g/mol. The molecule has 0 radical (unpaired) electrons. The Morgan fingerprint density at radius 2 is 1.86 bits per heavy atom. The maximum atomic E-state index is 6.46. The lowest BCUT2D eigenvalue weighted by atomic mass is 9.97. The largest absolute Gasteiger partial charge is 0.448 e. The predicted octanol–water partition coefficient (Wildman–Crippen LogP) is 4.07. The van der Waals surface area contributed by atoms with Crippen LogP contribution < -0.4 is 14.8 Å². The van der Waals surface area contributed by atoms with E-state index in [-0.39, 0.29) is 0 Å². The molecule has 0 bridgehead atoms. The molecular formula is C17H22ClNO2. The monoisotopic (exact) mass is 307 g/mol. The third-order valence-corrected chi connectivity index (χ3v) is 5.30. The Morgan fingerprint density at radius 3 is 2.57 bits per heavy atom. The molecule has 114 valence electrons. The number of hydrogen-bond donors (Lipinski definition) is 1. The molecule has 1 aromatic rings. The fourth-order valence-corrected chi connectivity index (χ4v) is 4.03. The molecule has 1 N–H and O–H groups in total. The molecule has 1 unspecified atom stereocenters. The van der Waals surface area contributed by atoms with Gasteiger partial charge in [0.1, 0.15) is 0 Å². The van der Waals surface area contributed by atoms with Crippen LogP contribution in [0.1, 0.15) is 50.5 Å². The molecule has 1 atom stereocenters. The van der Waals surface area contributed by atoms with Crippen LogP contribution in [0.15, 0.2) is 12.1 Å². The third-order valence-electron chi connectivity index (χ3n) is 4.95. The molecule has 4 heteroatoms. The van der Waals surface area contributed by atoms with Gasteiger partial charge in [-0.05, 0) is 50.3 Å². The van der Waals surface area contributed by atoms with Crippen molar-refractivity contribution in [2.24, 2.45) is 0 Å². The van der Waals surface area contributed by atoms with Crippen LogP contribution in [0.3, 0.4) is 0 Å². The van der Waals surface area contributed by atoms with Crippen molar-refractivity contribution in [3.8, 4) is 11.5 Å². The first-order valence-electron chi connectivity index (χ1n) is 8.18. The zero-order valence-corrected chi connectivity index (χ0v) is 13.0. The second-order valence-corrected chi connectivity index (χ2v) is 6.97. The maximum Gasteiger partial charge on any atom is 0.251 e. The highest BCUT2D eigenvalue weighted by Crippen LogP contribution is 2.48. The standard InChI is InChI=1S/C17H22ClNO2/c18-14-11-16-15(20-17(21-16)6-2-3-7-17)10-12(14)9-13-5-1-4-8-19-13/h10-11,13,19H,1-9H2. The van der Waals surface area contributed by atoms with Gasteiger partial charge in [0, 0.05) is 30.0 Å². The lowest BCUT2D eigenvalue weighted by molar-refractivity contribution is -0.0716. The van der Waals surface area contributed by atoms with Gasteiger partial charge in [-0.1, -0.05) is 18.0 Å². The van der Waals surface area contributed by atoms with Gasteiger partial charge in [0.05, 0.1) is 0 Å². The van der Waals surface area contributed by atoms with Crippen molar-refractivity contribution in [1.29, 1.82) is 0 Å². The van der Waals surface area contributed by atoms with E-state index in [1.807, 2.05) is 6.07 Å². The molecular weight excluding hydrogens is 286 g/mol. The van der Waals surface area contributed by atoms with Crippen LogP contribution in [-0.2, 0) is 6.42 Å². The van der Waals surface area contributed by atoms with Gasteiger partial charge in [0.2, 0.25) is 0 Å². The first-order chi connectivity index (χ1) is 10.2. The van der Waals surface area contributed by atoms with Gasteiger partial charge >= 0.3 is 0 Å². The summed E-state index contributed by atoms with van der Waals surface area (Å²) in [6, 6.07) is 4.58. The van der Waals surface area contributed by atoms with Crippen LogP contribution in [0.4, 0.5) is 0 Å². The van der Waals surface area contributed by atoms with Crippen molar-refractivity contribution in [2.45, 2.75) is 63.2 Å². The molecule has 3 nitrogen and oxygen atoms in total. The topological polar surface area (TPSA) is 30.5 Å². The molecule has 4 rings (SSSR count). The molecule has 2 fully saturated rings. The van der Waals surface area contributed by atoms with E-state index in [9.17, 15) is 0 Å². The summed E-state index contributed by atoms with van der Waals surface area (Å²) in [7, 11) is 0. The van der Waals surface area contributed by atoms with Gasteiger partial charge in [-0.3, -0.25) is 0 Å². The van der Waals surface area contributed by atoms with Crippen LogP contribution >= 0.6 is 11.6 Å². The lowest BCUT2D eigenvalue weighted by Crippen LogP contribution is -2.35. The Bertz CT molecular complexity index is 534. The fourth-order valence-electron chi connectivity index (χ4n) is 3.80. The zero-order chi connectivity index (χ0) is 14.3. The van der Waals surface area contributed by atoms with Gasteiger partial charge in [-0.2, -0.15) is 0 Å². The molecule has 3 aliphatic rings. The number of piperidine rings is 1. The van der Waals surface area contributed by atoms with Crippen LogP contribution in [0.25, 0.3) is 0 Å². The van der Waals surface area contributed by atoms with E-state index in [0.717, 1.165) is 42.3 Å². The number of fused-ring (bicyclic) bond motifs is 1. The van der Waals surface area contributed by atoms with Crippen LogP contribution in [-0.4, -0.2) is 18.4 Å². The molecule has 1 aliphatic carbocycles. The van der Waals surface area contributed by atoms with E-state index in [0.29, 0.717) is 6.04 Å². The molecule has 1 aromatic carbocycles. The van der Waals surface area contributed by atoms with Crippen molar-refractivity contribution in [3.63, 3.8) is 0 Å². The highest BCUT2D eigenvalue weighted by molar-refractivity contribution is 6.31. The highest BCUT2D eigenvalue weighted by Gasteiger charge is 2.44. The van der Waals surface area contributed by atoms with Gasteiger partial charge in [0.25, 0.3) is 5.79 Å². The molecule has 1 saturated carbocycles. The highest BCUT2D eigenvalue weighted by atomic mass is 35.5. The number of benzene rings is 1. The van der Waals surface area contributed by atoms with Crippen molar-refractivity contribution in [1.82, 2.24) is 5.32 Å². The summed E-state index contributed by atoms with van der Waals surface area (Å²) in [4.78, 5) is 0. The summed E-state index contributed by atoms with van der Waals surface area (Å²) in [6.07, 6.45) is 9.13. The SMILES string of the molecule is Clc1cc2c(cc1CC1CCCCN1)OC1(CCCC1)O2. The van der Waals surface area contributed by atoms with Gasteiger partial charge in [0.15, 0.2) is 11.5 Å². The van der Waals surface area contributed by atoms with E-state index < -0.39 is 5.79 Å². The number of rotatable bonds is 2. The Kier molecular flexibility index (Phi) is 3.50. The maximum absolute atomic E-state index is 6.46. The van der Waals surface area contributed by atoms with E-state index >= 15 is 0 Å². The quantitative estimate of drug-likeness (QED) is 0.893. The first kappa shape index (κ1) is 13.7. The van der Waals surface area contributed by atoms with Gasteiger partial charge in [-0.15, -0.1) is 0 Å². The van der Waals surface area contributed by atoms with Crippen molar-refractivity contribution in [2.75, 3.05) is 6.54 Å². The molecule has 1 spiro atoms. The fraction of sp³-hybridized carbons (Fsp3) is 0.647. The molecule has 21 heavy (non-hydrogen) atoms. The second-order valence-electron chi connectivity index (χ2n) is 6.56. The number of halogens is 1. The Hall–Kier alpha value is -0.930. The second kappa shape index (κ2) is 5.36. The summed E-state index contributed by atoms with van der Waals surface area (Å²) in [6.45, 7) is 1.12. The summed E-state index contributed by atoms with van der Waals surface area (Å²) in [5.41, 5.74) is 1.17. The Labute approximate surface area is 131 Å². The summed E-state index contributed by atoms with van der Waals surface area (Å²) in [5, 5.41) is 4.39. The number of ether oxygens (including phenoxy) is 2. The lowest BCUT2D eigenvalue weighted by Gasteiger charge is -2.24. The summed E-state index contributed by atoms with van der Waals surface area (Å²) in [5.74, 6) is 1.31. The van der Waals surface area contributed by atoms with E-state index in [4.69, 9.17) is 21.1 Å². The summed E-state index contributed by atoms with van der Waals surface area (Å²) < 4.78 is 12.2. The average Bonchev–Trinajstić information content (AvgIpc) is 3.07. The van der Waals surface area contributed by atoms with Crippen LogP contribution in [0, 0.1) is 0 Å². The zero-order valence-electron chi connectivity index (χ0n) is 12.3. The third kappa shape index (κ3) is 2.62. The molecule has 2 heterocycles. The van der Waals surface area contributed by atoms with Crippen molar-refractivity contribution >= 4 is 11.6 Å². The van der Waals surface area contributed by atoms with Crippen molar-refractivity contribution < 1.29 is 9.47 Å². The normalized spacial score (nSPS) is 26.4. The van der Waals surface area contributed by atoms with E-state index in [2.05, 4.69) is 11.4 Å². The minimum absolute atomic E-state index is 0.395. The van der Waals surface area contributed by atoms with Gasteiger partial charge < -0.3 is 14.8 Å². The number of hydrogen-bond acceptors (Lipinski definition) is 3. The van der Waals surface area contributed by atoms with E-state index in [1.165, 1.54) is 37.7 Å². The van der Waals surface area contributed by atoms with E-state index in [1.54, 1.807) is 0 Å². The van der Waals surface area contributed by atoms with Crippen LogP contribution in [0.5, 0.6) is 11.5 Å². The minimum atomic E-state index is -0.395. The Morgan fingerprint density at radius 1 is 1.10 bits per heavy atom. The molecule has 2 aliphatic heterocycles. The molecule has 0 amide bonds.